The lowest BCUT2D eigenvalue weighted by Crippen LogP contribution is -2.39. The molecule has 1 unspecified atom stereocenters. The van der Waals surface area contributed by atoms with E-state index in [1.54, 1.807) is 4.90 Å². The Kier molecular flexibility index (Phi) is 7.10. The van der Waals surface area contributed by atoms with Crippen molar-refractivity contribution in [1.29, 1.82) is 0 Å². The summed E-state index contributed by atoms with van der Waals surface area (Å²) in [6.07, 6.45) is 4.85. The number of hydrogen-bond donors (Lipinski definition) is 1. The van der Waals surface area contributed by atoms with Crippen LogP contribution in [0.25, 0.3) is 0 Å². The molecule has 0 saturated carbocycles. The van der Waals surface area contributed by atoms with Gasteiger partial charge in [0.2, 0.25) is 0 Å². The number of aryl methyl sites for hydroxylation is 1. The fourth-order valence-corrected chi connectivity index (χ4v) is 4.51. The number of rotatable bonds is 7. The molecule has 0 aromatic heterocycles. The van der Waals surface area contributed by atoms with E-state index in [0.29, 0.717) is 24.7 Å². The molecule has 32 heavy (non-hydrogen) atoms. The predicted octanol–water partition coefficient (Wildman–Crippen LogP) is 3.91. The second-order valence-corrected chi connectivity index (χ2v) is 8.93. The molecule has 1 saturated heterocycles. The van der Waals surface area contributed by atoms with Crippen molar-refractivity contribution in [2.24, 2.45) is 0 Å². The van der Waals surface area contributed by atoms with Gasteiger partial charge in [-0.05, 0) is 75.0 Å². The van der Waals surface area contributed by atoms with E-state index < -0.39 is 0 Å². The number of nitrogens with zero attached hydrogens (tertiary/aromatic N) is 2. The van der Waals surface area contributed by atoms with Crippen molar-refractivity contribution in [2.75, 3.05) is 31.1 Å². The first kappa shape index (κ1) is 22.3. The Morgan fingerprint density at radius 1 is 1.16 bits per heavy atom. The number of amides is 2. The molecule has 2 aromatic rings. The summed E-state index contributed by atoms with van der Waals surface area (Å²) in [5.74, 6) is 0.616. The van der Waals surface area contributed by atoms with Crippen molar-refractivity contribution in [1.82, 2.24) is 10.2 Å². The van der Waals surface area contributed by atoms with Gasteiger partial charge in [-0.25, -0.2) is 0 Å². The number of benzene rings is 2. The molecular formula is C26H33N3O3. The smallest absolute Gasteiger partial charge is 0.265 e. The molecule has 2 heterocycles. The zero-order chi connectivity index (χ0) is 22.5. The van der Waals surface area contributed by atoms with Crippen LogP contribution in [-0.2, 0) is 11.3 Å². The van der Waals surface area contributed by atoms with Crippen LogP contribution < -0.4 is 15.0 Å². The normalized spacial score (nSPS) is 18.8. The van der Waals surface area contributed by atoms with E-state index in [1.807, 2.05) is 49.4 Å². The predicted molar refractivity (Wildman–Crippen MR) is 126 cm³/mol. The SMILES string of the molecule is Cc1ccc2c(c1)N(Cc1ccc(C(=O)NCCCN3CCCCC3C)cc1)C(=O)CO2. The summed E-state index contributed by atoms with van der Waals surface area (Å²) in [4.78, 5) is 29.2. The van der Waals surface area contributed by atoms with Gasteiger partial charge in [0.1, 0.15) is 5.75 Å². The van der Waals surface area contributed by atoms with E-state index in [0.717, 1.165) is 35.5 Å². The van der Waals surface area contributed by atoms with Crippen LogP contribution in [-0.4, -0.2) is 49.0 Å². The number of piperidine rings is 1. The highest BCUT2D eigenvalue weighted by molar-refractivity contribution is 5.98. The maximum Gasteiger partial charge on any atom is 0.265 e. The lowest BCUT2D eigenvalue weighted by Gasteiger charge is -2.33. The third-order valence-corrected chi connectivity index (χ3v) is 6.46. The first-order valence-electron chi connectivity index (χ1n) is 11.7. The minimum atomic E-state index is -0.0621. The Balaban J connectivity index is 1.30. The zero-order valence-electron chi connectivity index (χ0n) is 19.1. The third kappa shape index (κ3) is 5.30. The van der Waals surface area contributed by atoms with Crippen molar-refractivity contribution in [3.05, 3.63) is 59.2 Å². The van der Waals surface area contributed by atoms with Crippen LogP contribution in [0.4, 0.5) is 5.69 Å². The molecule has 1 N–H and O–H groups in total. The van der Waals surface area contributed by atoms with Crippen LogP contribution in [0.15, 0.2) is 42.5 Å². The summed E-state index contributed by atoms with van der Waals surface area (Å²) in [6.45, 7) is 7.69. The van der Waals surface area contributed by atoms with Crippen LogP contribution in [0.5, 0.6) is 5.75 Å². The Morgan fingerprint density at radius 2 is 1.97 bits per heavy atom. The van der Waals surface area contributed by atoms with Gasteiger partial charge in [-0.15, -0.1) is 0 Å². The van der Waals surface area contributed by atoms with Crippen LogP contribution in [0.1, 0.15) is 54.1 Å². The van der Waals surface area contributed by atoms with E-state index in [1.165, 1.54) is 25.8 Å². The number of carbonyl (C=O) groups excluding carboxylic acids is 2. The van der Waals surface area contributed by atoms with Crippen molar-refractivity contribution >= 4 is 17.5 Å². The van der Waals surface area contributed by atoms with E-state index in [2.05, 4.69) is 17.1 Å². The molecule has 0 bridgehead atoms. The molecule has 1 fully saturated rings. The maximum absolute atomic E-state index is 12.5. The number of carbonyl (C=O) groups is 2. The number of fused-ring (bicyclic) bond motifs is 1. The Hall–Kier alpha value is -2.86. The third-order valence-electron chi connectivity index (χ3n) is 6.46. The van der Waals surface area contributed by atoms with Gasteiger partial charge in [0.15, 0.2) is 6.61 Å². The van der Waals surface area contributed by atoms with Gasteiger partial charge in [-0.1, -0.05) is 24.6 Å². The van der Waals surface area contributed by atoms with Crippen LogP contribution in [0, 0.1) is 6.92 Å². The molecule has 2 aromatic carbocycles. The second kappa shape index (κ2) is 10.2. The molecule has 0 aliphatic carbocycles. The van der Waals surface area contributed by atoms with Crippen LogP contribution >= 0.6 is 0 Å². The molecule has 4 rings (SSSR count). The van der Waals surface area contributed by atoms with Crippen LogP contribution in [0.3, 0.4) is 0 Å². The summed E-state index contributed by atoms with van der Waals surface area (Å²) < 4.78 is 5.55. The highest BCUT2D eigenvalue weighted by Crippen LogP contribution is 2.33. The standard InChI is InChI=1S/C26H33N3O3/c1-19-7-12-24-23(16-19)29(25(30)18-32-24)17-21-8-10-22(11-9-21)26(31)27-13-5-15-28-14-4-3-6-20(28)2/h7-12,16,20H,3-6,13-15,17-18H2,1-2H3,(H,27,31). The topological polar surface area (TPSA) is 61.9 Å². The number of likely N-dealkylation sites (tertiary alicyclic amines) is 1. The summed E-state index contributed by atoms with van der Waals surface area (Å²) in [5.41, 5.74) is 3.49. The van der Waals surface area contributed by atoms with Gasteiger partial charge in [0.05, 0.1) is 12.2 Å². The summed E-state index contributed by atoms with van der Waals surface area (Å²) in [7, 11) is 0. The van der Waals surface area contributed by atoms with Crippen LogP contribution in [0.2, 0.25) is 0 Å². The van der Waals surface area contributed by atoms with E-state index in [-0.39, 0.29) is 18.4 Å². The lowest BCUT2D eigenvalue weighted by molar-refractivity contribution is -0.121. The number of ether oxygens (including phenoxy) is 1. The van der Waals surface area contributed by atoms with Crippen molar-refractivity contribution < 1.29 is 14.3 Å². The molecule has 170 valence electrons. The van der Waals surface area contributed by atoms with E-state index in [4.69, 9.17) is 4.74 Å². The summed E-state index contributed by atoms with van der Waals surface area (Å²) in [6, 6.07) is 14.0. The van der Waals surface area contributed by atoms with Gasteiger partial charge in [0, 0.05) is 24.7 Å². The van der Waals surface area contributed by atoms with Gasteiger partial charge in [-0.2, -0.15) is 0 Å². The second-order valence-electron chi connectivity index (χ2n) is 8.93. The minimum absolute atomic E-state index is 0.0484. The molecule has 2 amide bonds. The summed E-state index contributed by atoms with van der Waals surface area (Å²) in [5, 5.41) is 3.03. The number of anilines is 1. The molecule has 6 nitrogen and oxygen atoms in total. The van der Waals surface area contributed by atoms with Gasteiger partial charge >= 0.3 is 0 Å². The van der Waals surface area contributed by atoms with Crippen molar-refractivity contribution in [3.63, 3.8) is 0 Å². The Morgan fingerprint density at radius 3 is 2.75 bits per heavy atom. The summed E-state index contributed by atoms with van der Waals surface area (Å²) >= 11 is 0. The number of nitrogens with one attached hydrogen (secondary N) is 1. The maximum atomic E-state index is 12.5. The highest BCUT2D eigenvalue weighted by atomic mass is 16.5. The van der Waals surface area contributed by atoms with E-state index in [9.17, 15) is 9.59 Å². The molecule has 6 heteroatoms. The average molecular weight is 436 g/mol. The van der Waals surface area contributed by atoms with Gasteiger partial charge in [-0.3, -0.25) is 9.59 Å². The Labute approximate surface area is 190 Å². The van der Waals surface area contributed by atoms with Gasteiger partial charge < -0.3 is 19.9 Å². The molecule has 2 aliphatic rings. The highest BCUT2D eigenvalue weighted by Gasteiger charge is 2.25. The molecule has 2 aliphatic heterocycles. The van der Waals surface area contributed by atoms with E-state index >= 15 is 0 Å². The monoisotopic (exact) mass is 435 g/mol. The first-order valence-corrected chi connectivity index (χ1v) is 11.7. The van der Waals surface area contributed by atoms with Gasteiger partial charge in [0.25, 0.3) is 11.8 Å². The molecule has 0 radical (unpaired) electrons. The quantitative estimate of drug-likeness (QED) is 0.670. The Bertz CT molecular complexity index is 957. The number of hydrogen-bond acceptors (Lipinski definition) is 4. The molecular weight excluding hydrogens is 402 g/mol. The largest absolute Gasteiger partial charge is 0.482 e. The fourth-order valence-electron chi connectivity index (χ4n) is 4.51. The molecule has 0 spiro atoms. The van der Waals surface area contributed by atoms with Crippen molar-refractivity contribution in [2.45, 2.75) is 52.1 Å². The van der Waals surface area contributed by atoms with Crippen molar-refractivity contribution in [3.8, 4) is 5.75 Å². The average Bonchev–Trinajstić information content (AvgIpc) is 2.80. The molecule has 1 atom stereocenters. The first-order chi connectivity index (χ1) is 15.5. The fraction of sp³-hybridized carbons (Fsp3) is 0.462. The zero-order valence-corrected chi connectivity index (χ0v) is 19.1. The minimum Gasteiger partial charge on any atom is -0.482 e. The lowest BCUT2D eigenvalue weighted by atomic mass is 10.0.